The van der Waals surface area contributed by atoms with Crippen LogP contribution >= 0.6 is 12.2 Å². The highest BCUT2D eigenvalue weighted by atomic mass is 32.1. The summed E-state index contributed by atoms with van der Waals surface area (Å²) in [4.78, 5) is 6.53. The van der Waals surface area contributed by atoms with Crippen LogP contribution < -0.4 is 10.6 Å². The maximum absolute atomic E-state index is 5.27. The number of aromatic nitrogens is 1. The van der Waals surface area contributed by atoms with Crippen LogP contribution in [0.2, 0.25) is 0 Å². The van der Waals surface area contributed by atoms with Crippen LogP contribution in [0.15, 0.2) is 24.5 Å². The fraction of sp³-hybridized carbons (Fsp3) is 0.600. The average molecular weight is 292 g/mol. The summed E-state index contributed by atoms with van der Waals surface area (Å²) in [6.07, 6.45) is 7.32. The summed E-state index contributed by atoms with van der Waals surface area (Å²) < 4.78 is 0. The first-order chi connectivity index (χ1) is 9.74. The Hall–Kier alpha value is -1.20. The monoisotopic (exact) mass is 292 g/mol. The number of anilines is 1. The largest absolute Gasteiger partial charge is 0.362 e. The van der Waals surface area contributed by atoms with Crippen molar-refractivity contribution in [2.45, 2.75) is 26.2 Å². The van der Waals surface area contributed by atoms with Crippen LogP contribution in [0.3, 0.4) is 0 Å². The molecule has 1 aliphatic heterocycles. The van der Waals surface area contributed by atoms with Crippen LogP contribution in [0.4, 0.5) is 5.69 Å². The molecule has 5 heteroatoms. The van der Waals surface area contributed by atoms with Crippen molar-refractivity contribution in [1.82, 2.24) is 15.2 Å². The Kier molecular flexibility index (Phi) is 6.21. The van der Waals surface area contributed by atoms with Gasteiger partial charge in [0.05, 0.1) is 0 Å². The number of hydrogen-bond acceptors (Lipinski definition) is 3. The van der Waals surface area contributed by atoms with Gasteiger partial charge in [0.1, 0.15) is 0 Å². The molecule has 2 heterocycles. The van der Waals surface area contributed by atoms with Gasteiger partial charge in [-0.3, -0.25) is 4.98 Å². The van der Waals surface area contributed by atoms with Gasteiger partial charge in [0.15, 0.2) is 5.11 Å². The zero-order valence-electron chi connectivity index (χ0n) is 12.1. The van der Waals surface area contributed by atoms with E-state index < -0.39 is 0 Å². The predicted molar refractivity (Wildman–Crippen MR) is 87.9 cm³/mol. The molecule has 0 saturated carbocycles. The second kappa shape index (κ2) is 8.17. The lowest BCUT2D eigenvalue weighted by molar-refractivity contribution is 0.191. The normalized spacial score (nSPS) is 16.9. The number of hydrogen-bond donors (Lipinski definition) is 2. The third kappa shape index (κ3) is 5.43. The van der Waals surface area contributed by atoms with Crippen molar-refractivity contribution in [2.24, 2.45) is 5.92 Å². The molecule has 0 bridgehead atoms. The van der Waals surface area contributed by atoms with Crippen LogP contribution in [0.1, 0.15) is 26.2 Å². The van der Waals surface area contributed by atoms with Gasteiger partial charge in [-0.1, -0.05) is 6.92 Å². The van der Waals surface area contributed by atoms with Gasteiger partial charge in [0.25, 0.3) is 0 Å². The number of rotatable bonds is 5. The number of piperidine rings is 1. The Balaban J connectivity index is 1.56. The molecule has 0 atom stereocenters. The van der Waals surface area contributed by atoms with Crippen LogP contribution in [-0.4, -0.2) is 41.2 Å². The van der Waals surface area contributed by atoms with Crippen molar-refractivity contribution in [2.75, 3.05) is 31.5 Å². The molecule has 0 spiro atoms. The molecular weight excluding hydrogens is 268 g/mol. The first-order valence-corrected chi connectivity index (χ1v) is 7.82. The second-order valence-corrected chi connectivity index (χ2v) is 5.90. The van der Waals surface area contributed by atoms with Gasteiger partial charge < -0.3 is 15.5 Å². The Bertz CT molecular complexity index is 402. The maximum atomic E-state index is 5.27. The van der Waals surface area contributed by atoms with Gasteiger partial charge in [-0.05, 0) is 69.2 Å². The van der Waals surface area contributed by atoms with Gasteiger partial charge in [-0.2, -0.15) is 0 Å². The van der Waals surface area contributed by atoms with Crippen molar-refractivity contribution < 1.29 is 0 Å². The topological polar surface area (TPSA) is 40.2 Å². The zero-order chi connectivity index (χ0) is 14.2. The Labute approximate surface area is 127 Å². The number of likely N-dealkylation sites (tertiary alicyclic amines) is 1. The van der Waals surface area contributed by atoms with Crippen molar-refractivity contribution in [3.8, 4) is 0 Å². The molecule has 0 unspecified atom stereocenters. The molecule has 1 aromatic heterocycles. The van der Waals surface area contributed by atoms with E-state index >= 15 is 0 Å². The van der Waals surface area contributed by atoms with E-state index in [1.807, 2.05) is 12.1 Å². The average Bonchev–Trinajstić information content (AvgIpc) is 2.46. The van der Waals surface area contributed by atoms with E-state index in [1.165, 1.54) is 25.9 Å². The van der Waals surface area contributed by atoms with Crippen molar-refractivity contribution in [3.63, 3.8) is 0 Å². The summed E-state index contributed by atoms with van der Waals surface area (Å²) in [7, 11) is 0. The van der Waals surface area contributed by atoms with E-state index in [9.17, 15) is 0 Å². The molecule has 2 N–H and O–H groups in total. The minimum Gasteiger partial charge on any atom is -0.362 e. The fourth-order valence-corrected chi connectivity index (χ4v) is 2.62. The molecule has 0 amide bonds. The first kappa shape index (κ1) is 15.2. The number of pyridine rings is 1. The summed E-state index contributed by atoms with van der Waals surface area (Å²) in [5, 5.41) is 7.09. The molecule has 1 aliphatic rings. The van der Waals surface area contributed by atoms with E-state index in [0.29, 0.717) is 5.11 Å². The Morgan fingerprint density at radius 3 is 2.75 bits per heavy atom. The van der Waals surface area contributed by atoms with Crippen LogP contribution in [0, 0.1) is 5.92 Å². The van der Waals surface area contributed by atoms with Gasteiger partial charge >= 0.3 is 0 Å². The highest BCUT2D eigenvalue weighted by molar-refractivity contribution is 7.80. The highest BCUT2D eigenvalue weighted by Gasteiger charge is 2.14. The standard InChI is InChI=1S/C15H24N4S/c1-13-5-11-19(12-6-13)10-2-7-17-15(20)18-14-3-8-16-9-4-14/h3-4,8-9,13H,2,5-7,10-12H2,1H3,(H2,16,17,18,20). The molecular formula is C15H24N4S. The van der Waals surface area contributed by atoms with E-state index in [0.717, 1.165) is 31.1 Å². The number of thiocarbonyl (C=S) groups is 1. The lowest BCUT2D eigenvalue weighted by Crippen LogP contribution is -2.36. The van der Waals surface area contributed by atoms with Crippen molar-refractivity contribution >= 4 is 23.0 Å². The fourth-order valence-electron chi connectivity index (χ4n) is 2.40. The highest BCUT2D eigenvalue weighted by Crippen LogP contribution is 2.15. The molecule has 110 valence electrons. The van der Waals surface area contributed by atoms with E-state index in [4.69, 9.17) is 12.2 Å². The smallest absolute Gasteiger partial charge is 0.170 e. The van der Waals surface area contributed by atoms with Crippen LogP contribution in [0.25, 0.3) is 0 Å². The zero-order valence-corrected chi connectivity index (χ0v) is 13.0. The third-order valence-electron chi connectivity index (χ3n) is 3.75. The van der Waals surface area contributed by atoms with Gasteiger partial charge in [-0.25, -0.2) is 0 Å². The number of nitrogens with one attached hydrogen (secondary N) is 2. The summed E-state index contributed by atoms with van der Waals surface area (Å²) in [5.74, 6) is 0.904. The van der Waals surface area contributed by atoms with Gasteiger partial charge in [0, 0.05) is 24.6 Å². The first-order valence-electron chi connectivity index (χ1n) is 7.41. The van der Waals surface area contributed by atoms with Crippen LogP contribution in [0.5, 0.6) is 0 Å². The third-order valence-corrected chi connectivity index (χ3v) is 4.00. The van der Waals surface area contributed by atoms with E-state index in [1.54, 1.807) is 12.4 Å². The summed E-state index contributed by atoms with van der Waals surface area (Å²) >= 11 is 5.27. The molecule has 0 radical (unpaired) electrons. The summed E-state index contributed by atoms with van der Waals surface area (Å²) in [6, 6.07) is 3.81. The van der Waals surface area contributed by atoms with Gasteiger partial charge in [-0.15, -0.1) is 0 Å². The quantitative estimate of drug-likeness (QED) is 0.644. The molecule has 0 aromatic carbocycles. The minimum absolute atomic E-state index is 0.684. The molecule has 1 fully saturated rings. The minimum atomic E-state index is 0.684. The molecule has 20 heavy (non-hydrogen) atoms. The van der Waals surface area contributed by atoms with Gasteiger partial charge in [0.2, 0.25) is 0 Å². The predicted octanol–water partition coefficient (Wildman–Crippen LogP) is 2.49. The lowest BCUT2D eigenvalue weighted by Gasteiger charge is -2.30. The Morgan fingerprint density at radius 2 is 2.05 bits per heavy atom. The van der Waals surface area contributed by atoms with E-state index in [2.05, 4.69) is 27.4 Å². The molecule has 4 nitrogen and oxygen atoms in total. The summed E-state index contributed by atoms with van der Waals surface area (Å²) in [6.45, 7) is 6.93. The second-order valence-electron chi connectivity index (χ2n) is 5.49. The van der Waals surface area contributed by atoms with E-state index in [-0.39, 0.29) is 0 Å². The maximum Gasteiger partial charge on any atom is 0.170 e. The van der Waals surface area contributed by atoms with Crippen molar-refractivity contribution in [1.29, 1.82) is 0 Å². The molecule has 2 rings (SSSR count). The molecule has 1 saturated heterocycles. The molecule has 1 aromatic rings. The SMILES string of the molecule is CC1CCN(CCCNC(=S)Nc2ccncc2)CC1. The van der Waals surface area contributed by atoms with Crippen LogP contribution in [-0.2, 0) is 0 Å². The number of nitrogens with zero attached hydrogens (tertiary/aromatic N) is 2. The lowest BCUT2D eigenvalue weighted by atomic mass is 9.99. The van der Waals surface area contributed by atoms with Crippen molar-refractivity contribution in [3.05, 3.63) is 24.5 Å². The summed E-state index contributed by atoms with van der Waals surface area (Å²) in [5.41, 5.74) is 0.975. The Morgan fingerprint density at radius 1 is 1.35 bits per heavy atom. The molecule has 0 aliphatic carbocycles.